The molecule has 13 heteroatoms. The molecule has 4 atom stereocenters. The third-order valence-corrected chi connectivity index (χ3v) is 8.35. The number of aromatic amines is 1. The number of nitrogens with zero attached hydrogens (tertiary/aromatic N) is 2. The van der Waals surface area contributed by atoms with E-state index < -0.39 is 6.04 Å². The number of carbonyl (C=O) groups excluding carboxylic acids is 3. The lowest BCUT2D eigenvalue weighted by molar-refractivity contribution is -0.146. The average molecular weight is 637 g/mol. The summed E-state index contributed by atoms with van der Waals surface area (Å²) in [7, 11) is 0. The average Bonchev–Trinajstić information content (AvgIpc) is 3.83. The van der Waals surface area contributed by atoms with Crippen LogP contribution in [0.2, 0.25) is 5.02 Å². The highest BCUT2D eigenvalue weighted by atomic mass is 35.5. The van der Waals surface area contributed by atoms with Crippen LogP contribution < -0.4 is 26.6 Å². The number of anilines is 1. The van der Waals surface area contributed by atoms with Gasteiger partial charge in [0, 0.05) is 23.0 Å². The lowest BCUT2D eigenvalue weighted by atomic mass is 10.0. The Hall–Kier alpha value is -4.00. The summed E-state index contributed by atoms with van der Waals surface area (Å²) < 4.78 is 5.54. The summed E-state index contributed by atoms with van der Waals surface area (Å²) >= 11 is 6.24. The van der Waals surface area contributed by atoms with E-state index in [1.54, 1.807) is 36.7 Å². The van der Waals surface area contributed by atoms with Gasteiger partial charge in [-0.3, -0.25) is 19.7 Å². The molecule has 2 aromatic heterocycles. The normalized spacial score (nSPS) is 19.1. The van der Waals surface area contributed by atoms with Gasteiger partial charge in [0.25, 0.3) is 5.91 Å². The highest BCUT2D eigenvalue weighted by Gasteiger charge is 2.25. The van der Waals surface area contributed by atoms with Gasteiger partial charge in [0.05, 0.1) is 30.4 Å². The fraction of sp³-hybridized carbons (Fsp3) is 0.469. The summed E-state index contributed by atoms with van der Waals surface area (Å²) in [5, 5.41) is 16.2. The zero-order valence-electron chi connectivity index (χ0n) is 25.6. The van der Waals surface area contributed by atoms with Crippen LogP contribution in [0.3, 0.4) is 0 Å². The predicted molar refractivity (Wildman–Crippen MR) is 172 cm³/mol. The minimum Gasteiger partial charge on any atom is -0.462 e. The Bertz CT molecular complexity index is 1490. The van der Waals surface area contributed by atoms with Crippen LogP contribution in [-0.4, -0.2) is 70.7 Å². The van der Waals surface area contributed by atoms with Gasteiger partial charge in [-0.1, -0.05) is 30.7 Å². The molecule has 4 heterocycles. The lowest BCUT2D eigenvalue weighted by Crippen LogP contribution is -2.43. The first-order chi connectivity index (χ1) is 21.8. The fourth-order valence-corrected chi connectivity index (χ4v) is 5.74. The SMILES string of the molecule is CCC(COC(=O)[C@@H]1CCCN1)Nc1ncc(C)c(-c2c[nH]c(C(=O)N[C@@H](CC(=O)N[C@H]3CCCN3)c3cccc(Cl)c3)c2)n1. The molecule has 0 saturated carbocycles. The van der Waals surface area contributed by atoms with Crippen molar-refractivity contribution in [2.24, 2.45) is 0 Å². The molecule has 0 radical (unpaired) electrons. The van der Waals surface area contributed by atoms with Gasteiger partial charge in [0.2, 0.25) is 11.9 Å². The number of hydrogen-bond acceptors (Lipinski definition) is 9. The molecule has 2 aliphatic heterocycles. The van der Waals surface area contributed by atoms with E-state index in [1.807, 2.05) is 19.9 Å². The maximum atomic E-state index is 13.4. The second-order valence-corrected chi connectivity index (χ2v) is 12.0. The van der Waals surface area contributed by atoms with Crippen molar-refractivity contribution < 1.29 is 19.1 Å². The molecule has 45 heavy (non-hydrogen) atoms. The van der Waals surface area contributed by atoms with Crippen LogP contribution in [0.15, 0.2) is 42.7 Å². The molecule has 0 spiro atoms. The first-order valence-corrected chi connectivity index (χ1v) is 15.9. The Morgan fingerprint density at radius 2 is 1.96 bits per heavy atom. The van der Waals surface area contributed by atoms with Crippen molar-refractivity contribution in [2.75, 3.05) is 25.0 Å². The quantitative estimate of drug-likeness (QED) is 0.154. The Morgan fingerprint density at radius 1 is 1.13 bits per heavy atom. The van der Waals surface area contributed by atoms with E-state index in [4.69, 9.17) is 21.3 Å². The second kappa shape index (κ2) is 15.3. The van der Waals surface area contributed by atoms with E-state index >= 15 is 0 Å². The van der Waals surface area contributed by atoms with Crippen LogP contribution in [0.5, 0.6) is 0 Å². The highest BCUT2D eigenvalue weighted by molar-refractivity contribution is 6.30. The minimum atomic E-state index is -0.592. The first kappa shape index (κ1) is 32.4. The molecule has 3 aromatic rings. The molecular weight excluding hydrogens is 596 g/mol. The monoisotopic (exact) mass is 636 g/mol. The molecule has 1 aromatic carbocycles. The van der Waals surface area contributed by atoms with Gasteiger partial charge < -0.3 is 31.0 Å². The molecule has 1 unspecified atom stereocenters. The maximum absolute atomic E-state index is 13.4. The summed E-state index contributed by atoms with van der Waals surface area (Å²) in [4.78, 5) is 50.8. The third kappa shape index (κ3) is 8.80. The number of aryl methyl sites for hydroxylation is 1. The second-order valence-electron chi connectivity index (χ2n) is 11.6. The summed E-state index contributed by atoms with van der Waals surface area (Å²) in [5.41, 5.74) is 3.24. The number of rotatable bonds is 13. The van der Waals surface area contributed by atoms with E-state index in [-0.39, 0.29) is 49.1 Å². The zero-order chi connectivity index (χ0) is 31.8. The van der Waals surface area contributed by atoms with Crippen LogP contribution in [0.4, 0.5) is 5.95 Å². The number of benzene rings is 1. The predicted octanol–water partition coefficient (Wildman–Crippen LogP) is 3.61. The topological polar surface area (TPSA) is 162 Å². The number of amides is 2. The van der Waals surface area contributed by atoms with Gasteiger partial charge >= 0.3 is 5.97 Å². The fourth-order valence-electron chi connectivity index (χ4n) is 5.54. The number of ether oxygens (including phenoxy) is 1. The van der Waals surface area contributed by atoms with Gasteiger partial charge in [-0.15, -0.1) is 0 Å². The summed E-state index contributed by atoms with van der Waals surface area (Å²) in [5.74, 6) is -0.375. The van der Waals surface area contributed by atoms with Gasteiger partial charge in [-0.25, -0.2) is 9.97 Å². The Labute approximate surface area is 267 Å². The first-order valence-electron chi connectivity index (χ1n) is 15.6. The van der Waals surface area contributed by atoms with Crippen molar-refractivity contribution in [1.82, 2.24) is 36.2 Å². The van der Waals surface area contributed by atoms with Gasteiger partial charge in [-0.2, -0.15) is 0 Å². The van der Waals surface area contributed by atoms with Crippen LogP contribution in [-0.2, 0) is 14.3 Å². The van der Waals surface area contributed by atoms with E-state index in [0.717, 1.165) is 49.9 Å². The molecule has 0 bridgehead atoms. The van der Waals surface area contributed by atoms with Crippen LogP contribution >= 0.6 is 11.6 Å². The van der Waals surface area contributed by atoms with Crippen molar-refractivity contribution in [3.05, 3.63) is 64.6 Å². The molecular formula is C32H41ClN8O4. The summed E-state index contributed by atoms with van der Waals surface area (Å²) in [6.07, 6.45) is 7.76. The number of H-pyrrole nitrogens is 1. The molecule has 6 N–H and O–H groups in total. The van der Waals surface area contributed by atoms with Crippen LogP contribution in [0.1, 0.15) is 73.1 Å². The van der Waals surface area contributed by atoms with E-state index in [9.17, 15) is 14.4 Å². The molecule has 2 amide bonds. The van der Waals surface area contributed by atoms with Gasteiger partial charge in [0.1, 0.15) is 18.3 Å². The number of nitrogens with one attached hydrogen (secondary N) is 6. The molecule has 2 aliphatic rings. The zero-order valence-corrected chi connectivity index (χ0v) is 26.4. The van der Waals surface area contributed by atoms with Crippen LogP contribution in [0, 0.1) is 6.92 Å². The van der Waals surface area contributed by atoms with E-state index in [1.165, 1.54) is 0 Å². The number of aromatic nitrogens is 3. The van der Waals surface area contributed by atoms with Crippen molar-refractivity contribution >= 4 is 35.3 Å². The molecule has 2 saturated heterocycles. The van der Waals surface area contributed by atoms with Gasteiger partial charge in [0.15, 0.2) is 0 Å². The molecule has 2 fully saturated rings. The number of carbonyl (C=O) groups is 3. The Balaban J connectivity index is 1.25. The largest absolute Gasteiger partial charge is 0.462 e. The highest BCUT2D eigenvalue weighted by Crippen LogP contribution is 2.25. The molecule has 12 nitrogen and oxygen atoms in total. The maximum Gasteiger partial charge on any atom is 0.323 e. The van der Waals surface area contributed by atoms with E-state index in [0.29, 0.717) is 34.3 Å². The standard InChI is InChI=1S/C32H41ClN8O4/c1-3-23(18-45-31(44)24-9-5-11-34-24)38-32-37-16-19(2)29(41-32)21-14-26(36-17-21)30(43)39-25(20-7-4-8-22(33)13-20)15-28(42)40-27-10-6-12-35-27/h4,7-8,13-14,16-17,23-25,27,34-36H,3,5-6,9-12,15,18H2,1-2H3,(H,39,43)(H,40,42)(H,37,38,41)/t23?,24-,25-,27-/m0/s1. The molecule has 240 valence electrons. The molecule has 0 aliphatic carbocycles. The number of esters is 1. The van der Waals surface area contributed by atoms with Crippen LogP contribution in [0.25, 0.3) is 11.3 Å². The van der Waals surface area contributed by atoms with Gasteiger partial charge in [-0.05, 0) is 81.4 Å². The summed E-state index contributed by atoms with van der Waals surface area (Å²) in [6, 6.07) is 7.87. The minimum absolute atomic E-state index is 0.0585. The lowest BCUT2D eigenvalue weighted by Gasteiger charge is -2.20. The molecule has 5 rings (SSSR count). The Morgan fingerprint density at radius 3 is 2.69 bits per heavy atom. The number of halogens is 1. The summed E-state index contributed by atoms with van der Waals surface area (Å²) in [6.45, 7) is 5.79. The van der Waals surface area contributed by atoms with Crippen molar-refractivity contribution in [3.8, 4) is 11.3 Å². The third-order valence-electron chi connectivity index (χ3n) is 8.11. The van der Waals surface area contributed by atoms with Crippen molar-refractivity contribution in [2.45, 2.75) is 76.7 Å². The van der Waals surface area contributed by atoms with Crippen molar-refractivity contribution in [1.29, 1.82) is 0 Å². The number of hydrogen-bond donors (Lipinski definition) is 6. The van der Waals surface area contributed by atoms with E-state index in [2.05, 4.69) is 36.6 Å². The van der Waals surface area contributed by atoms with Crippen molar-refractivity contribution in [3.63, 3.8) is 0 Å². The smallest absolute Gasteiger partial charge is 0.323 e. The Kier molecular flexibility index (Phi) is 11.0.